The lowest BCUT2D eigenvalue weighted by atomic mass is 9.80. The Morgan fingerprint density at radius 1 is 1.08 bits per heavy atom. The van der Waals surface area contributed by atoms with Crippen molar-refractivity contribution in [2.45, 2.75) is 76.4 Å². The number of carbonyl (C=O) groups excluding carboxylic acids is 2. The number of rotatable bonds is 3. The van der Waals surface area contributed by atoms with Gasteiger partial charge in [-0.3, -0.25) is 14.5 Å². The van der Waals surface area contributed by atoms with Crippen molar-refractivity contribution in [3.63, 3.8) is 0 Å². The van der Waals surface area contributed by atoms with Crippen LogP contribution in [0.2, 0.25) is 0 Å². The molecule has 0 unspecified atom stereocenters. The van der Waals surface area contributed by atoms with Crippen LogP contribution in [0.1, 0.15) is 58.8 Å². The first-order valence-corrected chi connectivity index (χ1v) is 9.93. The van der Waals surface area contributed by atoms with Gasteiger partial charge in [0.2, 0.25) is 11.8 Å². The second kappa shape index (κ2) is 8.04. The molecule has 6 heteroatoms. The largest absolute Gasteiger partial charge is 0.381 e. The fourth-order valence-electron chi connectivity index (χ4n) is 4.83. The van der Waals surface area contributed by atoms with Gasteiger partial charge < -0.3 is 15.0 Å². The van der Waals surface area contributed by atoms with Crippen LogP contribution < -0.4 is 5.32 Å². The highest BCUT2D eigenvalue weighted by Gasteiger charge is 2.45. The van der Waals surface area contributed by atoms with Crippen LogP contribution in [0.25, 0.3) is 0 Å². The van der Waals surface area contributed by atoms with E-state index in [9.17, 15) is 9.59 Å². The number of hydrogen-bond donors (Lipinski definition) is 1. The summed E-state index contributed by atoms with van der Waals surface area (Å²) in [6.45, 7) is 7.99. The second-order valence-corrected chi connectivity index (χ2v) is 8.01. The minimum atomic E-state index is -0.667. The Hall–Kier alpha value is -1.14. The van der Waals surface area contributed by atoms with Crippen molar-refractivity contribution in [1.29, 1.82) is 0 Å². The van der Waals surface area contributed by atoms with Crippen LogP contribution in [0.5, 0.6) is 0 Å². The van der Waals surface area contributed by atoms with E-state index < -0.39 is 5.54 Å². The van der Waals surface area contributed by atoms with E-state index in [1.54, 1.807) is 0 Å². The maximum absolute atomic E-state index is 13.4. The third-order valence-corrected chi connectivity index (χ3v) is 6.16. The van der Waals surface area contributed by atoms with Crippen molar-refractivity contribution in [2.24, 2.45) is 0 Å². The van der Waals surface area contributed by atoms with Crippen molar-refractivity contribution in [2.75, 3.05) is 32.8 Å². The van der Waals surface area contributed by atoms with Crippen molar-refractivity contribution in [3.05, 3.63) is 0 Å². The molecule has 0 bridgehead atoms. The summed E-state index contributed by atoms with van der Waals surface area (Å²) in [5, 5.41) is 3.03. The number of nitrogens with zero attached hydrogens (tertiary/aromatic N) is 2. The maximum atomic E-state index is 13.4. The maximum Gasteiger partial charge on any atom is 0.248 e. The summed E-state index contributed by atoms with van der Waals surface area (Å²) in [5.41, 5.74) is -0.667. The molecule has 0 aromatic heterocycles. The third-order valence-electron chi connectivity index (χ3n) is 6.16. The summed E-state index contributed by atoms with van der Waals surface area (Å²) in [6.07, 6.45) is 6.93. The Bertz CT molecular complexity index is 484. The van der Waals surface area contributed by atoms with Crippen LogP contribution in [0.4, 0.5) is 0 Å². The van der Waals surface area contributed by atoms with E-state index in [0.717, 1.165) is 77.8 Å². The van der Waals surface area contributed by atoms with Crippen molar-refractivity contribution in [1.82, 2.24) is 15.1 Å². The van der Waals surface area contributed by atoms with Gasteiger partial charge in [0.25, 0.3) is 0 Å². The van der Waals surface area contributed by atoms with Gasteiger partial charge in [-0.1, -0.05) is 19.3 Å². The second-order valence-electron chi connectivity index (χ2n) is 8.01. The highest BCUT2D eigenvalue weighted by atomic mass is 16.5. The standard InChI is InChI=1S/C19H33N3O3/c1-15-14-21(17-6-12-25-13-7-17)10-11-22(15)18(24)19(20-16(2)23)8-4-3-5-9-19/h15,17H,3-14H2,1-2H3,(H,20,23)/t15-/m1/s1. The van der Waals surface area contributed by atoms with Gasteiger partial charge in [-0.05, 0) is 32.6 Å². The summed E-state index contributed by atoms with van der Waals surface area (Å²) < 4.78 is 5.47. The molecule has 6 nitrogen and oxygen atoms in total. The smallest absolute Gasteiger partial charge is 0.248 e. The Labute approximate surface area is 151 Å². The molecule has 3 rings (SSSR count). The van der Waals surface area contributed by atoms with E-state index in [1.165, 1.54) is 6.92 Å². The fourth-order valence-corrected chi connectivity index (χ4v) is 4.83. The molecule has 2 amide bonds. The van der Waals surface area contributed by atoms with Gasteiger partial charge in [0.05, 0.1) is 0 Å². The van der Waals surface area contributed by atoms with Crippen LogP contribution in [0.15, 0.2) is 0 Å². The van der Waals surface area contributed by atoms with Gasteiger partial charge in [-0.2, -0.15) is 0 Å². The number of ether oxygens (including phenoxy) is 1. The topological polar surface area (TPSA) is 61.9 Å². The Balaban J connectivity index is 1.66. The minimum Gasteiger partial charge on any atom is -0.381 e. The molecule has 0 radical (unpaired) electrons. The lowest BCUT2D eigenvalue weighted by Gasteiger charge is -2.48. The summed E-state index contributed by atoms with van der Waals surface area (Å²) in [7, 11) is 0. The summed E-state index contributed by atoms with van der Waals surface area (Å²) in [4.78, 5) is 29.7. The van der Waals surface area contributed by atoms with E-state index in [2.05, 4.69) is 17.1 Å². The van der Waals surface area contributed by atoms with Gasteiger partial charge in [-0.15, -0.1) is 0 Å². The lowest BCUT2D eigenvalue weighted by molar-refractivity contribution is -0.148. The fraction of sp³-hybridized carbons (Fsp3) is 0.895. The molecule has 1 N–H and O–H groups in total. The molecule has 2 heterocycles. The van der Waals surface area contributed by atoms with E-state index in [1.807, 2.05) is 4.90 Å². The first-order chi connectivity index (χ1) is 12.0. The quantitative estimate of drug-likeness (QED) is 0.838. The van der Waals surface area contributed by atoms with Crippen LogP contribution >= 0.6 is 0 Å². The van der Waals surface area contributed by atoms with Crippen LogP contribution in [-0.4, -0.2) is 72.1 Å². The third kappa shape index (κ3) is 4.17. The zero-order chi connectivity index (χ0) is 17.9. The average Bonchev–Trinajstić information content (AvgIpc) is 2.62. The van der Waals surface area contributed by atoms with E-state index in [0.29, 0.717) is 6.04 Å². The lowest BCUT2D eigenvalue weighted by Crippen LogP contribution is -2.65. The molecule has 3 fully saturated rings. The summed E-state index contributed by atoms with van der Waals surface area (Å²) in [5.74, 6) is 0.0465. The molecular formula is C19H33N3O3. The average molecular weight is 351 g/mol. The van der Waals surface area contributed by atoms with Crippen molar-refractivity contribution >= 4 is 11.8 Å². The van der Waals surface area contributed by atoms with Crippen LogP contribution in [0, 0.1) is 0 Å². The number of piperazine rings is 1. The van der Waals surface area contributed by atoms with Gasteiger partial charge in [0.15, 0.2) is 0 Å². The minimum absolute atomic E-state index is 0.0938. The number of hydrogen-bond acceptors (Lipinski definition) is 4. The van der Waals surface area contributed by atoms with Gasteiger partial charge in [-0.25, -0.2) is 0 Å². The SMILES string of the molecule is CC(=O)NC1(C(=O)N2CCN(C3CCOCC3)C[C@H]2C)CCCCC1. The summed E-state index contributed by atoms with van der Waals surface area (Å²) >= 11 is 0. The van der Waals surface area contributed by atoms with Gasteiger partial charge in [0.1, 0.15) is 5.54 Å². The first kappa shape index (κ1) is 18.6. The molecule has 25 heavy (non-hydrogen) atoms. The van der Waals surface area contributed by atoms with Gasteiger partial charge in [0, 0.05) is 51.9 Å². The molecule has 0 spiro atoms. The molecule has 0 aromatic rings. The zero-order valence-electron chi connectivity index (χ0n) is 15.8. The predicted octanol–water partition coefficient (Wildman–Crippen LogP) is 1.54. The monoisotopic (exact) mass is 351 g/mol. The molecule has 1 atom stereocenters. The molecule has 2 aliphatic heterocycles. The highest BCUT2D eigenvalue weighted by Crippen LogP contribution is 2.32. The van der Waals surface area contributed by atoms with E-state index in [4.69, 9.17) is 4.74 Å². The molecule has 1 aliphatic carbocycles. The molecule has 3 aliphatic rings. The molecule has 142 valence electrons. The Morgan fingerprint density at radius 3 is 2.36 bits per heavy atom. The Kier molecular flexibility index (Phi) is 6.00. The number of nitrogens with one attached hydrogen (secondary N) is 1. The van der Waals surface area contributed by atoms with E-state index >= 15 is 0 Å². The van der Waals surface area contributed by atoms with Crippen molar-refractivity contribution < 1.29 is 14.3 Å². The normalized spacial score (nSPS) is 28.6. The number of carbonyl (C=O) groups is 2. The first-order valence-electron chi connectivity index (χ1n) is 9.93. The number of amides is 2. The molecule has 2 saturated heterocycles. The molecular weight excluding hydrogens is 318 g/mol. The van der Waals surface area contributed by atoms with Gasteiger partial charge >= 0.3 is 0 Å². The van der Waals surface area contributed by atoms with Crippen molar-refractivity contribution in [3.8, 4) is 0 Å². The van der Waals surface area contributed by atoms with E-state index in [-0.39, 0.29) is 17.9 Å². The molecule has 0 aromatic carbocycles. The summed E-state index contributed by atoms with van der Waals surface area (Å²) in [6, 6.07) is 0.782. The Morgan fingerprint density at radius 2 is 1.76 bits per heavy atom. The zero-order valence-corrected chi connectivity index (χ0v) is 15.8. The highest BCUT2D eigenvalue weighted by molar-refractivity contribution is 5.91. The predicted molar refractivity (Wildman–Crippen MR) is 96.2 cm³/mol. The van der Waals surface area contributed by atoms with Crippen LogP contribution in [-0.2, 0) is 14.3 Å². The molecule has 1 saturated carbocycles. The van der Waals surface area contributed by atoms with Crippen LogP contribution in [0.3, 0.4) is 0 Å².